The van der Waals surface area contributed by atoms with Crippen LogP contribution in [0.4, 0.5) is 0 Å². The van der Waals surface area contributed by atoms with Crippen LogP contribution in [0, 0.1) is 17.8 Å². The first-order valence-corrected chi connectivity index (χ1v) is 34.8. The second-order valence-electron chi connectivity index (χ2n) is 23.5. The van der Waals surface area contributed by atoms with Crippen molar-refractivity contribution in [3.63, 3.8) is 0 Å². The molecule has 0 heterocycles. The number of unbranched alkanes of at least 4 members (excludes halogenated alkanes) is 27. The minimum absolute atomic E-state index is 0.103. The van der Waals surface area contributed by atoms with E-state index in [0.717, 1.165) is 114 Å². The Hall–Kier alpha value is -1.94. The van der Waals surface area contributed by atoms with E-state index in [0.29, 0.717) is 25.7 Å². The number of phosphoric acid groups is 2. The molecule has 80 heavy (non-hydrogen) atoms. The molecule has 0 aromatic rings. The Morgan fingerprint density at radius 3 is 0.850 bits per heavy atom. The maximum Gasteiger partial charge on any atom is 0.472 e. The van der Waals surface area contributed by atoms with Gasteiger partial charge in [-0.2, -0.15) is 0 Å². The summed E-state index contributed by atoms with van der Waals surface area (Å²) in [5.74, 6) is 0.0468. The van der Waals surface area contributed by atoms with Gasteiger partial charge in [0, 0.05) is 25.7 Å². The average molecular weight is 1190 g/mol. The summed E-state index contributed by atoms with van der Waals surface area (Å²) in [6.45, 7) is 11.6. The summed E-state index contributed by atoms with van der Waals surface area (Å²) in [6.07, 6.45) is 32.5. The van der Waals surface area contributed by atoms with Crippen LogP contribution in [0.5, 0.6) is 0 Å². The quantitative estimate of drug-likeness (QED) is 0.0222. The number of esters is 4. The third kappa shape index (κ3) is 55.3. The first-order chi connectivity index (χ1) is 38.2. The van der Waals surface area contributed by atoms with Crippen LogP contribution in [0.2, 0.25) is 0 Å². The Labute approximate surface area is 486 Å². The van der Waals surface area contributed by atoms with Gasteiger partial charge in [-0.25, -0.2) is 9.13 Å². The molecule has 0 fully saturated rings. The molecule has 2 unspecified atom stereocenters. The topological polar surface area (TPSA) is 237 Å². The van der Waals surface area contributed by atoms with Crippen LogP contribution in [0.25, 0.3) is 0 Å². The summed E-state index contributed by atoms with van der Waals surface area (Å²) >= 11 is 0. The zero-order valence-electron chi connectivity index (χ0n) is 51.5. The van der Waals surface area contributed by atoms with Crippen LogP contribution >= 0.6 is 15.6 Å². The van der Waals surface area contributed by atoms with Crippen molar-refractivity contribution in [3.8, 4) is 0 Å². The fourth-order valence-corrected chi connectivity index (χ4v) is 10.5. The third-order valence-electron chi connectivity index (χ3n) is 13.9. The van der Waals surface area contributed by atoms with Crippen LogP contribution in [0.15, 0.2) is 0 Å². The van der Waals surface area contributed by atoms with Gasteiger partial charge in [-0.15, -0.1) is 0 Å². The van der Waals surface area contributed by atoms with Crippen LogP contribution in [-0.2, 0) is 65.4 Å². The van der Waals surface area contributed by atoms with Gasteiger partial charge < -0.3 is 33.8 Å². The molecule has 0 aromatic carbocycles. The zero-order valence-corrected chi connectivity index (χ0v) is 53.3. The lowest BCUT2D eigenvalue weighted by Gasteiger charge is -2.21. The number of rotatable bonds is 59. The summed E-state index contributed by atoms with van der Waals surface area (Å²) in [6, 6.07) is 0. The van der Waals surface area contributed by atoms with Crippen molar-refractivity contribution in [1.82, 2.24) is 0 Å². The molecule has 19 heteroatoms. The molecule has 0 rings (SSSR count). The molecule has 0 saturated carbocycles. The molecule has 474 valence electrons. The number of hydrogen-bond acceptors (Lipinski definition) is 15. The highest BCUT2D eigenvalue weighted by Gasteiger charge is 2.30. The monoisotopic (exact) mass is 1180 g/mol. The summed E-state index contributed by atoms with van der Waals surface area (Å²) < 4.78 is 67.7. The standard InChI is InChI=1S/C61H118O17P2/c1-8-9-10-25-35-42-58(63)71-48-56(77-61(66)45-38-31-24-18-17-21-28-34-41-54(6)7)50-75-79(67,68)73-46-55(62)47-74-80(69,70)76-51-57(78-60(65)44-37-30-23-16-12-14-20-27-33-40-53(4)5)49-72-59(64)43-36-29-22-15-11-13-19-26-32-39-52(2)3/h52-57,62H,8-51H2,1-7H3,(H,67,68)(H,69,70)/t55-,56+,57+/m0/s1. The van der Waals surface area contributed by atoms with Crippen LogP contribution in [0.1, 0.15) is 292 Å². The number of phosphoric ester groups is 2. The number of ether oxygens (including phenoxy) is 4. The molecule has 0 bridgehead atoms. The molecule has 0 spiro atoms. The van der Waals surface area contributed by atoms with E-state index in [9.17, 15) is 43.2 Å². The van der Waals surface area contributed by atoms with E-state index < -0.39 is 97.5 Å². The van der Waals surface area contributed by atoms with Gasteiger partial charge in [0.25, 0.3) is 0 Å². The summed E-state index contributed by atoms with van der Waals surface area (Å²) in [5, 5.41) is 10.5. The largest absolute Gasteiger partial charge is 0.472 e. The van der Waals surface area contributed by atoms with Crippen molar-refractivity contribution in [3.05, 3.63) is 0 Å². The number of carbonyl (C=O) groups is 4. The lowest BCUT2D eigenvalue weighted by atomic mass is 10.0. The molecule has 0 aliphatic rings. The Morgan fingerprint density at radius 1 is 0.338 bits per heavy atom. The summed E-state index contributed by atoms with van der Waals surface area (Å²) in [4.78, 5) is 71.8. The average Bonchev–Trinajstić information content (AvgIpc) is 3.40. The predicted octanol–water partition coefficient (Wildman–Crippen LogP) is 16.3. The normalized spacial score (nSPS) is 14.5. The van der Waals surface area contributed by atoms with Gasteiger partial charge in [0.2, 0.25) is 0 Å². The molecule has 0 aliphatic heterocycles. The number of aliphatic hydroxyl groups is 1. The lowest BCUT2D eigenvalue weighted by molar-refractivity contribution is -0.161. The van der Waals surface area contributed by atoms with Crippen LogP contribution in [-0.4, -0.2) is 96.7 Å². The second-order valence-corrected chi connectivity index (χ2v) is 26.4. The van der Waals surface area contributed by atoms with Crippen LogP contribution in [0.3, 0.4) is 0 Å². The highest BCUT2D eigenvalue weighted by atomic mass is 31.2. The minimum atomic E-state index is -4.94. The van der Waals surface area contributed by atoms with Crippen molar-refractivity contribution in [2.24, 2.45) is 17.8 Å². The van der Waals surface area contributed by atoms with E-state index in [1.54, 1.807) is 0 Å². The predicted molar refractivity (Wildman–Crippen MR) is 317 cm³/mol. The molecular weight excluding hydrogens is 1070 g/mol. The van der Waals surface area contributed by atoms with Crippen molar-refractivity contribution < 1.29 is 80.2 Å². The van der Waals surface area contributed by atoms with E-state index >= 15 is 0 Å². The summed E-state index contributed by atoms with van der Waals surface area (Å²) in [5.41, 5.74) is 0. The molecule has 17 nitrogen and oxygen atoms in total. The van der Waals surface area contributed by atoms with E-state index in [4.69, 9.17) is 37.0 Å². The highest BCUT2D eigenvalue weighted by Crippen LogP contribution is 2.45. The molecule has 0 aromatic heterocycles. The maximum atomic E-state index is 12.9. The van der Waals surface area contributed by atoms with Gasteiger partial charge in [-0.1, -0.05) is 241 Å². The van der Waals surface area contributed by atoms with Crippen LogP contribution < -0.4 is 0 Å². The van der Waals surface area contributed by atoms with Gasteiger partial charge in [0.05, 0.1) is 26.4 Å². The van der Waals surface area contributed by atoms with Gasteiger partial charge in [-0.05, 0) is 43.4 Å². The van der Waals surface area contributed by atoms with Gasteiger partial charge in [0.1, 0.15) is 19.3 Å². The van der Waals surface area contributed by atoms with E-state index in [1.165, 1.54) is 96.3 Å². The Kier molecular flexibility index (Phi) is 51.3. The van der Waals surface area contributed by atoms with Crippen molar-refractivity contribution in [1.29, 1.82) is 0 Å². The maximum absolute atomic E-state index is 12.9. The van der Waals surface area contributed by atoms with E-state index in [2.05, 4.69) is 48.5 Å². The molecule has 0 radical (unpaired) electrons. The Balaban J connectivity index is 5.19. The van der Waals surface area contributed by atoms with E-state index in [-0.39, 0.29) is 25.7 Å². The SMILES string of the molecule is CCCCCCCC(=O)OC[C@H](COP(=O)(O)OC[C@H](O)COP(=O)(O)OC[C@@H](COC(=O)CCCCCCCCCCCC(C)C)OC(=O)CCCCCCCCCCCC(C)C)OC(=O)CCCCCCCCCCC(C)C. The van der Waals surface area contributed by atoms with Gasteiger partial charge in [-0.3, -0.25) is 37.3 Å². The first-order valence-electron chi connectivity index (χ1n) is 31.8. The van der Waals surface area contributed by atoms with Crippen molar-refractivity contribution in [2.45, 2.75) is 311 Å². The Bertz CT molecular complexity index is 1600. The molecule has 0 amide bonds. The molecule has 0 saturated heterocycles. The molecule has 3 N–H and O–H groups in total. The van der Waals surface area contributed by atoms with Gasteiger partial charge in [0.15, 0.2) is 12.2 Å². The third-order valence-corrected chi connectivity index (χ3v) is 15.8. The number of aliphatic hydroxyl groups excluding tert-OH is 1. The zero-order chi connectivity index (χ0) is 59.5. The highest BCUT2D eigenvalue weighted by molar-refractivity contribution is 7.47. The lowest BCUT2D eigenvalue weighted by Crippen LogP contribution is -2.30. The second kappa shape index (κ2) is 52.6. The molecule has 0 aliphatic carbocycles. The number of carbonyl (C=O) groups excluding carboxylic acids is 4. The Morgan fingerprint density at radius 2 is 0.575 bits per heavy atom. The van der Waals surface area contributed by atoms with Crippen molar-refractivity contribution >= 4 is 39.5 Å². The molecular formula is C61H118O17P2. The fourth-order valence-electron chi connectivity index (χ4n) is 8.95. The smallest absolute Gasteiger partial charge is 0.462 e. The molecule has 5 atom stereocenters. The minimum Gasteiger partial charge on any atom is -0.462 e. The van der Waals surface area contributed by atoms with Crippen molar-refractivity contribution in [2.75, 3.05) is 39.6 Å². The van der Waals surface area contributed by atoms with Gasteiger partial charge >= 0.3 is 39.5 Å². The van der Waals surface area contributed by atoms with E-state index in [1.807, 2.05) is 0 Å². The fraction of sp³-hybridized carbons (Fsp3) is 0.934. The first kappa shape index (κ1) is 78.1. The summed E-state index contributed by atoms with van der Waals surface area (Å²) in [7, 11) is -9.87. The number of hydrogen-bond donors (Lipinski definition) is 3.